The fraction of sp³-hybridized carbons (Fsp3) is 0.200. The Morgan fingerprint density at radius 3 is 2.64 bits per heavy atom. The summed E-state index contributed by atoms with van der Waals surface area (Å²) in [5, 5.41) is 8.22. The maximum Gasteiger partial charge on any atom is 0.320 e. The lowest BCUT2D eigenvalue weighted by Gasteiger charge is -2.02. The first kappa shape index (κ1) is 11.0. The largest absolute Gasteiger partial charge is 0.460 e. The van der Waals surface area contributed by atoms with Gasteiger partial charge < -0.3 is 4.74 Å². The quantitative estimate of drug-likeness (QED) is 0.635. The number of esters is 1. The Labute approximate surface area is 95.8 Å². The van der Waals surface area contributed by atoms with Crippen molar-refractivity contribution in [2.75, 3.05) is 0 Å². The molecule has 1 aromatic carbocycles. The second-order valence-corrected chi connectivity index (χ2v) is 3.87. The van der Waals surface area contributed by atoms with Crippen molar-refractivity contribution in [2.24, 2.45) is 0 Å². The van der Waals surface area contributed by atoms with E-state index >= 15 is 0 Å². The van der Waals surface area contributed by atoms with Crippen LogP contribution in [0, 0.1) is 14.9 Å². The van der Waals surface area contributed by atoms with Crippen molar-refractivity contribution in [3.8, 4) is 6.07 Å². The van der Waals surface area contributed by atoms with Crippen molar-refractivity contribution < 1.29 is 9.53 Å². The summed E-state index contributed by atoms with van der Waals surface area (Å²) in [5.74, 6) is -0.481. The van der Waals surface area contributed by atoms with Gasteiger partial charge in [-0.15, -0.1) is 0 Å². The molecule has 72 valence electrons. The van der Waals surface area contributed by atoms with Crippen molar-refractivity contribution >= 4 is 28.6 Å². The number of carbonyl (C=O) groups is 1. The van der Waals surface area contributed by atoms with E-state index in [0.717, 1.165) is 9.13 Å². The molecule has 0 aromatic heterocycles. The lowest BCUT2D eigenvalue weighted by molar-refractivity contribution is -0.143. The van der Waals surface area contributed by atoms with Crippen molar-refractivity contribution in [2.45, 2.75) is 13.0 Å². The lowest BCUT2D eigenvalue weighted by atomic mass is 10.2. The Balaban J connectivity index is 2.43. The monoisotopic (exact) mass is 301 g/mol. The Hall–Kier alpha value is -1.09. The molecule has 0 aliphatic carbocycles. The summed E-state index contributed by atoms with van der Waals surface area (Å²) in [4.78, 5) is 10.8. The van der Waals surface area contributed by atoms with Crippen LogP contribution in [0.5, 0.6) is 0 Å². The minimum atomic E-state index is -0.481. The first-order valence-electron chi connectivity index (χ1n) is 3.99. The van der Waals surface area contributed by atoms with E-state index in [0.29, 0.717) is 0 Å². The van der Waals surface area contributed by atoms with Crippen LogP contribution >= 0.6 is 22.6 Å². The van der Waals surface area contributed by atoms with Gasteiger partial charge in [0.2, 0.25) is 0 Å². The van der Waals surface area contributed by atoms with E-state index < -0.39 is 5.97 Å². The zero-order valence-corrected chi connectivity index (χ0v) is 9.52. The number of nitriles is 1. The zero-order valence-electron chi connectivity index (χ0n) is 7.37. The van der Waals surface area contributed by atoms with Crippen LogP contribution < -0.4 is 0 Å². The van der Waals surface area contributed by atoms with Crippen LogP contribution in [-0.2, 0) is 16.1 Å². The van der Waals surface area contributed by atoms with Gasteiger partial charge in [0.15, 0.2) is 0 Å². The summed E-state index contributed by atoms with van der Waals surface area (Å²) in [7, 11) is 0. The normalized spacial score (nSPS) is 9.14. The summed E-state index contributed by atoms with van der Waals surface area (Å²) < 4.78 is 5.98. The van der Waals surface area contributed by atoms with Crippen molar-refractivity contribution in [1.82, 2.24) is 0 Å². The third kappa shape index (κ3) is 3.75. The molecule has 0 spiro atoms. The second kappa shape index (κ2) is 5.60. The maximum absolute atomic E-state index is 10.8. The zero-order chi connectivity index (χ0) is 10.4. The van der Waals surface area contributed by atoms with E-state index in [1.807, 2.05) is 24.3 Å². The topological polar surface area (TPSA) is 50.1 Å². The number of halogens is 1. The van der Waals surface area contributed by atoms with Crippen LogP contribution in [0.3, 0.4) is 0 Å². The number of hydrogen-bond donors (Lipinski definition) is 0. The van der Waals surface area contributed by atoms with Gasteiger partial charge in [0.25, 0.3) is 0 Å². The molecule has 0 unspecified atom stereocenters. The molecule has 14 heavy (non-hydrogen) atoms. The molecular weight excluding hydrogens is 293 g/mol. The molecule has 0 amide bonds. The molecule has 1 rings (SSSR count). The third-order valence-electron chi connectivity index (χ3n) is 1.54. The van der Waals surface area contributed by atoms with Gasteiger partial charge in [0, 0.05) is 3.57 Å². The number of hydrogen-bond acceptors (Lipinski definition) is 3. The fourth-order valence-electron chi connectivity index (χ4n) is 0.860. The van der Waals surface area contributed by atoms with E-state index in [1.165, 1.54) is 0 Å². The van der Waals surface area contributed by atoms with E-state index in [-0.39, 0.29) is 13.0 Å². The average molecular weight is 301 g/mol. The smallest absolute Gasteiger partial charge is 0.320 e. The van der Waals surface area contributed by atoms with Gasteiger partial charge in [-0.25, -0.2) is 0 Å². The van der Waals surface area contributed by atoms with Gasteiger partial charge in [-0.1, -0.05) is 12.1 Å². The van der Waals surface area contributed by atoms with Crippen molar-refractivity contribution in [1.29, 1.82) is 5.26 Å². The molecular formula is C10H8INO2. The van der Waals surface area contributed by atoms with Gasteiger partial charge in [-0.2, -0.15) is 5.26 Å². The standard InChI is InChI=1S/C10H8INO2/c11-9-3-1-8(2-4-9)7-14-10(13)5-6-12/h1-4H,5,7H2. The van der Waals surface area contributed by atoms with Gasteiger partial charge in [0.1, 0.15) is 13.0 Å². The number of ether oxygens (including phenoxy) is 1. The molecule has 0 heterocycles. The Bertz CT molecular complexity index is 353. The lowest BCUT2D eigenvalue weighted by Crippen LogP contribution is -2.02. The highest BCUT2D eigenvalue weighted by Crippen LogP contribution is 2.07. The summed E-state index contributed by atoms with van der Waals surface area (Å²) in [6, 6.07) is 9.39. The highest BCUT2D eigenvalue weighted by atomic mass is 127. The highest BCUT2D eigenvalue weighted by Gasteiger charge is 2.01. The molecule has 0 N–H and O–H groups in total. The first-order valence-corrected chi connectivity index (χ1v) is 5.07. The summed E-state index contributed by atoms with van der Waals surface area (Å²) in [6.07, 6.45) is -0.190. The Morgan fingerprint density at radius 1 is 1.43 bits per heavy atom. The van der Waals surface area contributed by atoms with E-state index in [1.54, 1.807) is 6.07 Å². The summed E-state index contributed by atoms with van der Waals surface area (Å²) in [6.45, 7) is 0.234. The SMILES string of the molecule is N#CCC(=O)OCc1ccc(I)cc1. The fourth-order valence-corrected chi connectivity index (χ4v) is 1.22. The number of rotatable bonds is 3. The predicted molar refractivity (Wildman–Crippen MR) is 59.2 cm³/mol. The molecule has 3 nitrogen and oxygen atoms in total. The van der Waals surface area contributed by atoms with Crippen LogP contribution in [0.4, 0.5) is 0 Å². The Kier molecular flexibility index (Phi) is 4.40. The minimum absolute atomic E-state index is 0.190. The van der Waals surface area contributed by atoms with E-state index in [2.05, 4.69) is 22.6 Å². The van der Waals surface area contributed by atoms with Gasteiger partial charge in [-0.05, 0) is 40.3 Å². The number of benzene rings is 1. The van der Waals surface area contributed by atoms with Crippen molar-refractivity contribution in [3.63, 3.8) is 0 Å². The first-order chi connectivity index (χ1) is 6.72. The molecule has 4 heteroatoms. The predicted octanol–water partition coefficient (Wildman–Crippen LogP) is 2.25. The van der Waals surface area contributed by atoms with Crippen LogP contribution in [-0.4, -0.2) is 5.97 Å². The molecule has 0 aliphatic heterocycles. The minimum Gasteiger partial charge on any atom is -0.460 e. The molecule has 1 aromatic rings. The van der Waals surface area contributed by atoms with Crippen LogP contribution in [0.15, 0.2) is 24.3 Å². The molecule has 0 saturated heterocycles. The molecule has 0 radical (unpaired) electrons. The van der Waals surface area contributed by atoms with E-state index in [4.69, 9.17) is 10.00 Å². The third-order valence-corrected chi connectivity index (χ3v) is 2.26. The molecule has 0 bridgehead atoms. The molecule has 0 fully saturated rings. The Morgan fingerprint density at radius 2 is 2.07 bits per heavy atom. The maximum atomic E-state index is 10.8. The number of nitrogens with zero attached hydrogens (tertiary/aromatic N) is 1. The average Bonchev–Trinajstić information content (AvgIpc) is 2.17. The second-order valence-electron chi connectivity index (χ2n) is 2.62. The van der Waals surface area contributed by atoms with Crippen LogP contribution in [0.25, 0.3) is 0 Å². The summed E-state index contributed by atoms with van der Waals surface area (Å²) >= 11 is 2.20. The number of carbonyl (C=O) groups excluding carboxylic acids is 1. The van der Waals surface area contributed by atoms with Gasteiger partial charge in [-0.3, -0.25) is 4.79 Å². The van der Waals surface area contributed by atoms with Gasteiger partial charge >= 0.3 is 5.97 Å². The van der Waals surface area contributed by atoms with E-state index in [9.17, 15) is 4.79 Å². The molecule has 0 atom stereocenters. The van der Waals surface area contributed by atoms with Crippen LogP contribution in [0.1, 0.15) is 12.0 Å². The molecule has 0 aliphatic rings. The van der Waals surface area contributed by atoms with Crippen LogP contribution in [0.2, 0.25) is 0 Å². The van der Waals surface area contributed by atoms with Crippen molar-refractivity contribution in [3.05, 3.63) is 33.4 Å². The summed E-state index contributed by atoms with van der Waals surface area (Å²) in [5.41, 5.74) is 0.928. The molecule has 0 saturated carbocycles. The van der Waals surface area contributed by atoms with Gasteiger partial charge in [0.05, 0.1) is 6.07 Å². The highest BCUT2D eigenvalue weighted by molar-refractivity contribution is 14.1.